The molecule has 0 aromatic heterocycles. The second kappa shape index (κ2) is 8.45. The van der Waals surface area contributed by atoms with E-state index in [1.54, 1.807) is 6.08 Å². The third-order valence-corrected chi connectivity index (χ3v) is 4.98. The maximum atomic E-state index is 12.4. The Labute approximate surface area is 177 Å². The standard InChI is InChI=1S/C24H18BrNO3/c1-16-7-2-4-11-20(16)23-26-21(24(27)29-23)14-18-9-3-5-12-22(18)28-15-17-8-6-10-19(25)13-17/h2-14H,15H2,1H3/b21-14-. The number of esters is 1. The minimum absolute atomic E-state index is 0.252. The summed E-state index contributed by atoms with van der Waals surface area (Å²) in [7, 11) is 0. The van der Waals surface area contributed by atoms with Gasteiger partial charge in [0, 0.05) is 15.6 Å². The van der Waals surface area contributed by atoms with Crippen molar-refractivity contribution in [3.63, 3.8) is 0 Å². The summed E-state index contributed by atoms with van der Waals surface area (Å²) < 4.78 is 12.4. The smallest absolute Gasteiger partial charge is 0.363 e. The minimum Gasteiger partial charge on any atom is -0.488 e. The Hall–Kier alpha value is -3.18. The second-order valence-electron chi connectivity index (χ2n) is 6.61. The van der Waals surface area contributed by atoms with E-state index in [0.717, 1.165) is 26.7 Å². The molecule has 0 atom stereocenters. The van der Waals surface area contributed by atoms with Crippen LogP contribution in [0.5, 0.6) is 5.75 Å². The summed E-state index contributed by atoms with van der Waals surface area (Å²) in [6.07, 6.45) is 1.70. The van der Waals surface area contributed by atoms with E-state index in [0.29, 0.717) is 18.3 Å². The minimum atomic E-state index is -0.468. The van der Waals surface area contributed by atoms with Crippen LogP contribution in [-0.4, -0.2) is 11.9 Å². The van der Waals surface area contributed by atoms with Crippen molar-refractivity contribution >= 4 is 33.9 Å². The predicted octanol–water partition coefficient (Wildman–Crippen LogP) is 5.68. The number of carbonyl (C=O) groups excluding carboxylic acids is 1. The fourth-order valence-electron chi connectivity index (χ4n) is 3.00. The van der Waals surface area contributed by atoms with Crippen molar-refractivity contribution in [2.24, 2.45) is 4.99 Å². The van der Waals surface area contributed by atoms with Gasteiger partial charge in [0.05, 0.1) is 0 Å². The summed E-state index contributed by atoms with van der Waals surface area (Å²) in [5.74, 6) is 0.532. The van der Waals surface area contributed by atoms with Crippen molar-refractivity contribution in [3.05, 3.63) is 105 Å². The lowest BCUT2D eigenvalue weighted by Crippen LogP contribution is -2.06. The van der Waals surface area contributed by atoms with Gasteiger partial charge < -0.3 is 9.47 Å². The normalized spacial score (nSPS) is 14.6. The molecule has 4 rings (SSSR count). The topological polar surface area (TPSA) is 47.9 Å². The van der Waals surface area contributed by atoms with E-state index < -0.39 is 5.97 Å². The SMILES string of the molecule is Cc1ccccc1C1=N/C(=C\c2ccccc2OCc2cccc(Br)c2)C(=O)O1. The number of benzene rings is 3. The summed E-state index contributed by atoms with van der Waals surface area (Å²) in [5.41, 5.74) is 3.87. The first kappa shape index (κ1) is 19.2. The molecular weight excluding hydrogens is 430 g/mol. The zero-order chi connectivity index (χ0) is 20.2. The number of cyclic esters (lactones) is 1. The molecular formula is C24H18BrNO3. The van der Waals surface area contributed by atoms with Gasteiger partial charge in [-0.3, -0.25) is 0 Å². The van der Waals surface area contributed by atoms with Crippen LogP contribution in [0.4, 0.5) is 0 Å². The highest BCUT2D eigenvalue weighted by atomic mass is 79.9. The van der Waals surface area contributed by atoms with Crippen LogP contribution >= 0.6 is 15.9 Å². The third-order valence-electron chi connectivity index (χ3n) is 4.49. The van der Waals surface area contributed by atoms with Gasteiger partial charge in [0.2, 0.25) is 5.90 Å². The molecule has 0 radical (unpaired) electrons. The average molecular weight is 448 g/mol. The Balaban J connectivity index is 1.60. The molecule has 5 heteroatoms. The van der Waals surface area contributed by atoms with Gasteiger partial charge in [-0.1, -0.05) is 64.5 Å². The van der Waals surface area contributed by atoms with Gasteiger partial charge in [-0.15, -0.1) is 0 Å². The molecule has 0 fully saturated rings. The van der Waals surface area contributed by atoms with Crippen molar-refractivity contribution in [1.82, 2.24) is 0 Å². The molecule has 0 saturated carbocycles. The van der Waals surface area contributed by atoms with Gasteiger partial charge in [-0.05, 0) is 48.4 Å². The van der Waals surface area contributed by atoms with Gasteiger partial charge >= 0.3 is 5.97 Å². The lowest BCUT2D eigenvalue weighted by Gasteiger charge is -2.09. The molecule has 1 aliphatic heterocycles. The number of nitrogens with zero attached hydrogens (tertiary/aromatic N) is 1. The first-order chi connectivity index (χ1) is 14.1. The third kappa shape index (κ3) is 4.46. The Morgan fingerprint density at radius 1 is 1.03 bits per heavy atom. The number of carbonyl (C=O) groups is 1. The lowest BCUT2D eigenvalue weighted by atomic mass is 10.1. The highest BCUT2D eigenvalue weighted by molar-refractivity contribution is 9.10. The van der Waals surface area contributed by atoms with Gasteiger partial charge in [0.25, 0.3) is 0 Å². The fourth-order valence-corrected chi connectivity index (χ4v) is 3.45. The Kier molecular flexibility index (Phi) is 5.58. The van der Waals surface area contributed by atoms with Crippen LogP contribution in [0.25, 0.3) is 6.08 Å². The molecule has 0 aliphatic carbocycles. The molecule has 1 heterocycles. The molecule has 144 valence electrons. The summed E-state index contributed by atoms with van der Waals surface area (Å²) in [6.45, 7) is 2.38. The molecule has 3 aromatic rings. The largest absolute Gasteiger partial charge is 0.488 e. The monoisotopic (exact) mass is 447 g/mol. The zero-order valence-corrected chi connectivity index (χ0v) is 17.3. The van der Waals surface area contributed by atoms with Crippen molar-refractivity contribution in [1.29, 1.82) is 0 Å². The van der Waals surface area contributed by atoms with Crippen LogP contribution in [0.15, 0.2) is 88.0 Å². The number of aryl methyl sites for hydroxylation is 1. The van der Waals surface area contributed by atoms with E-state index in [-0.39, 0.29) is 5.70 Å². The number of ether oxygens (including phenoxy) is 2. The van der Waals surface area contributed by atoms with Crippen molar-refractivity contribution in [2.45, 2.75) is 13.5 Å². The van der Waals surface area contributed by atoms with Crippen LogP contribution in [0.2, 0.25) is 0 Å². The van der Waals surface area contributed by atoms with Crippen LogP contribution in [0, 0.1) is 6.92 Å². The van der Waals surface area contributed by atoms with Gasteiger partial charge in [0.1, 0.15) is 12.4 Å². The quantitative estimate of drug-likeness (QED) is 0.373. The fraction of sp³-hybridized carbons (Fsp3) is 0.0833. The molecule has 0 amide bonds. The maximum absolute atomic E-state index is 12.4. The van der Waals surface area contributed by atoms with Crippen LogP contribution in [-0.2, 0) is 16.1 Å². The summed E-state index contributed by atoms with van der Waals surface area (Å²) in [6, 6.07) is 23.2. The number of para-hydroxylation sites is 1. The van der Waals surface area contributed by atoms with E-state index in [1.165, 1.54) is 0 Å². The Morgan fingerprint density at radius 3 is 2.66 bits per heavy atom. The van der Waals surface area contributed by atoms with E-state index in [9.17, 15) is 4.79 Å². The van der Waals surface area contributed by atoms with Crippen LogP contribution in [0.3, 0.4) is 0 Å². The number of rotatable bonds is 5. The first-order valence-electron chi connectivity index (χ1n) is 9.15. The maximum Gasteiger partial charge on any atom is 0.363 e. The van der Waals surface area contributed by atoms with Crippen molar-refractivity contribution in [3.8, 4) is 5.75 Å². The van der Waals surface area contributed by atoms with E-state index in [2.05, 4.69) is 20.9 Å². The lowest BCUT2D eigenvalue weighted by molar-refractivity contribution is -0.129. The van der Waals surface area contributed by atoms with Gasteiger partial charge in [0.15, 0.2) is 5.70 Å². The second-order valence-corrected chi connectivity index (χ2v) is 7.52. The average Bonchev–Trinajstić information content (AvgIpc) is 3.08. The first-order valence-corrected chi connectivity index (χ1v) is 9.94. The van der Waals surface area contributed by atoms with E-state index in [4.69, 9.17) is 9.47 Å². The van der Waals surface area contributed by atoms with Crippen LogP contribution in [0.1, 0.15) is 22.3 Å². The number of aliphatic imine (C=N–C) groups is 1. The molecule has 4 nitrogen and oxygen atoms in total. The highest BCUT2D eigenvalue weighted by Crippen LogP contribution is 2.26. The molecule has 0 saturated heterocycles. The molecule has 0 unspecified atom stereocenters. The Morgan fingerprint density at radius 2 is 1.83 bits per heavy atom. The van der Waals surface area contributed by atoms with Crippen LogP contribution < -0.4 is 4.74 Å². The number of hydrogen-bond donors (Lipinski definition) is 0. The summed E-state index contributed by atoms with van der Waals surface area (Å²) >= 11 is 3.47. The molecule has 3 aromatic carbocycles. The van der Waals surface area contributed by atoms with Gasteiger partial charge in [-0.2, -0.15) is 0 Å². The highest BCUT2D eigenvalue weighted by Gasteiger charge is 2.25. The zero-order valence-electron chi connectivity index (χ0n) is 15.8. The molecule has 1 aliphatic rings. The number of hydrogen-bond acceptors (Lipinski definition) is 4. The van der Waals surface area contributed by atoms with Crippen molar-refractivity contribution < 1.29 is 14.3 Å². The number of halogens is 1. The van der Waals surface area contributed by atoms with Crippen molar-refractivity contribution in [2.75, 3.05) is 0 Å². The molecule has 0 spiro atoms. The van der Waals surface area contributed by atoms with Gasteiger partial charge in [-0.25, -0.2) is 9.79 Å². The molecule has 0 N–H and O–H groups in total. The van der Waals surface area contributed by atoms with E-state index >= 15 is 0 Å². The molecule has 29 heavy (non-hydrogen) atoms. The summed E-state index contributed by atoms with van der Waals surface area (Å²) in [5, 5.41) is 0. The predicted molar refractivity (Wildman–Crippen MR) is 117 cm³/mol. The molecule has 0 bridgehead atoms. The summed E-state index contributed by atoms with van der Waals surface area (Å²) in [4.78, 5) is 16.8. The Bertz CT molecular complexity index is 1130. The van der Waals surface area contributed by atoms with E-state index in [1.807, 2.05) is 79.7 Å².